The van der Waals surface area contributed by atoms with Gasteiger partial charge in [0.05, 0.1) is 5.56 Å². The van der Waals surface area contributed by atoms with Gasteiger partial charge in [-0.3, -0.25) is 4.79 Å². The maximum Gasteiger partial charge on any atom is 0.251 e. The lowest BCUT2D eigenvalue weighted by atomic mass is 10.3. The molecule has 0 spiro atoms. The Morgan fingerprint density at radius 2 is 2.18 bits per heavy atom. The fourth-order valence-corrected chi connectivity index (χ4v) is 1.61. The summed E-state index contributed by atoms with van der Waals surface area (Å²) in [6.45, 7) is 0. The van der Waals surface area contributed by atoms with Gasteiger partial charge in [-0.25, -0.2) is 4.98 Å². The summed E-state index contributed by atoms with van der Waals surface area (Å²) in [5.41, 5.74) is 5.58. The molecular weight excluding hydrogens is 370 g/mol. The van der Waals surface area contributed by atoms with Gasteiger partial charge in [-0.1, -0.05) is 0 Å². The second-order valence-corrected chi connectivity index (χ2v) is 4.12. The van der Waals surface area contributed by atoms with Crippen LogP contribution in [0.2, 0.25) is 0 Å². The fraction of sp³-hybridized carbons (Fsp3) is 0. The molecule has 0 fully saturated rings. The lowest BCUT2D eigenvalue weighted by Gasteiger charge is -1.97. The molecule has 0 saturated heterocycles. The Balaban J connectivity index is 3.23. The molecule has 11 heavy (non-hydrogen) atoms. The monoisotopic (exact) mass is 374 g/mol. The van der Waals surface area contributed by atoms with Gasteiger partial charge < -0.3 is 5.73 Å². The predicted octanol–water partition coefficient (Wildman–Crippen LogP) is 1.39. The van der Waals surface area contributed by atoms with Crippen LogP contribution in [0, 0.1) is 7.27 Å². The van der Waals surface area contributed by atoms with Crippen LogP contribution < -0.4 is 5.73 Å². The average Bonchev–Trinajstić information content (AvgIpc) is 1.94. The predicted molar refractivity (Wildman–Crippen MR) is 58.2 cm³/mol. The smallest absolute Gasteiger partial charge is 0.251 e. The molecule has 0 unspecified atom stereocenters. The number of hydrogen-bond donors (Lipinski definition) is 1. The van der Waals surface area contributed by atoms with Gasteiger partial charge in [0, 0.05) is 9.77 Å². The van der Waals surface area contributed by atoms with Crippen molar-refractivity contribution < 1.29 is 4.79 Å². The zero-order chi connectivity index (χ0) is 8.43. The Kier molecular flexibility index (Phi) is 3.05. The average molecular weight is 374 g/mol. The van der Waals surface area contributed by atoms with Crippen LogP contribution in [0.15, 0.2) is 12.3 Å². The number of aromatic nitrogens is 1. The summed E-state index contributed by atoms with van der Waals surface area (Å²) in [5.74, 6) is -0.430. The highest BCUT2D eigenvalue weighted by Crippen LogP contribution is 2.11. The van der Waals surface area contributed by atoms with Crippen molar-refractivity contribution in [1.29, 1.82) is 0 Å². The molecule has 0 radical (unpaired) electrons. The molecule has 1 heterocycles. The molecule has 1 amide bonds. The molecule has 5 heteroatoms. The van der Waals surface area contributed by atoms with Crippen molar-refractivity contribution in [1.82, 2.24) is 4.98 Å². The number of nitrogens with two attached hydrogens (primary N) is 1. The van der Waals surface area contributed by atoms with Gasteiger partial charge >= 0.3 is 0 Å². The largest absolute Gasteiger partial charge is 0.366 e. The highest BCUT2D eigenvalue weighted by Gasteiger charge is 2.06. The van der Waals surface area contributed by atoms with E-state index in [-0.39, 0.29) is 0 Å². The Hall–Kier alpha value is 0.0800. The number of carbonyl (C=O) groups excluding carboxylic acids is 1. The molecule has 58 valence electrons. The highest BCUT2D eigenvalue weighted by molar-refractivity contribution is 14.1. The first-order chi connectivity index (χ1) is 5.11. The van der Waals surface area contributed by atoms with Crippen LogP contribution in [0.4, 0.5) is 0 Å². The molecule has 0 aromatic carbocycles. The van der Waals surface area contributed by atoms with Gasteiger partial charge in [-0.2, -0.15) is 0 Å². The maximum atomic E-state index is 10.7. The Morgan fingerprint density at radius 3 is 2.64 bits per heavy atom. The Bertz CT molecular complexity index is 301. The van der Waals surface area contributed by atoms with E-state index in [9.17, 15) is 4.79 Å². The van der Waals surface area contributed by atoms with Crippen molar-refractivity contribution in [2.24, 2.45) is 5.73 Å². The summed E-state index contributed by atoms with van der Waals surface area (Å²) in [7, 11) is 0. The lowest BCUT2D eigenvalue weighted by Crippen LogP contribution is -2.13. The summed E-state index contributed by atoms with van der Waals surface area (Å²) in [6, 6.07) is 1.72. The van der Waals surface area contributed by atoms with Crippen molar-refractivity contribution in [3.63, 3.8) is 0 Å². The Morgan fingerprint density at radius 1 is 1.55 bits per heavy atom. The van der Waals surface area contributed by atoms with E-state index in [0.29, 0.717) is 9.26 Å². The second kappa shape index (κ2) is 3.65. The molecule has 0 aliphatic heterocycles. The van der Waals surface area contributed by atoms with Crippen LogP contribution in [0.1, 0.15) is 10.4 Å². The van der Waals surface area contributed by atoms with E-state index in [4.69, 9.17) is 5.73 Å². The van der Waals surface area contributed by atoms with E-state index in [1.165, 1.54) is 0 Å². The van der Waals surface area contributed by atoms with Crippen molar-refractivity contribution in [3.8, 4) is 0 Å². The number of pyridine rings is 1. The number of primary amides is 1. The van der Waals surface area contributed by atoms with Crippen LogP contribution in [0.25, 0.3) is 0 Å². The molecule has 0 saturated carbocycles. The van der Waals surface area contributed by atoms with Crippen molar-refractivity contribution >= 4 is 51.1 Å². The molecule has 0 aliphatic rings. The van der Waals surface area contributed by atoms with E-state index in [1.54, 1.807) is 12.3 Å². The minimum Gasteiger partial charge on any atom is -0.366 e. The van der Waals surface area contributed by atoms with E-state index < -0.39 is 5.91 Å². The van der Waals surface area contributed by atoms with Crippen molar-refractivity contribution in [2.45, 2.75) is 0 Å². The summed E-state index contributed by atoms with van der Waals surface area (Å²) >= 11 is 4.06. The number of carbonyl (C=O) groups is 1. The molecule has 0 bridgehead atoms. The standard InChI is InChI=1S/C6H4I2N2O/c7-3-1-4(6(9)11)5(8)10-2-3/h1-2H,(H2,9,11). The second-order valence-electron chi connectivity index (χ2n) is 1.86. The minimum atomic E-state index is -0.430. The summed E-state index contributed by atoms with van der Waals surface area (Å²) in [4.78, 5) is 14.7. The lowest BCUT2D eigenvalue weighted by molar-refractivity contribution is 0.0999. The highest BCUT2D eigenvalue weighted by atomic mass is 127. The summed E-state index contributed by atoms with van der Waals surface area (Å²) < 4.78 is 1.56. The first-order valence-corrected chi connectivity index (χ1v) is 4.88. The Labute approximate surface area is 91.0 Å². The SMILES string of the molecule is NC(=O)c1cc(I)cnc1I. The third kappa shape index (κ3) is 2.26. The molecule has 1 aromatic rings. The van der Waals surface area contributed by atoms with Gasteiger partial charge in [0.25, 0.3) is 5.91 Å². The molecule has 2 N–H and O–H groups in total. The van der Waals surface area contributed by atoms with Crippen LogP contribution in [-0.2, 0) is 0 Å². The van der Waals surface area contributed by atoms with Crippen LogP contribution in [0.5, 0.6) is 0 Å². The number of hydrogen-bond acceptors (Lipinski definition) is 2. The van der Waals surface area contributed by atoms with E-state index in [0.717, 1.165) is 3.57 Å². The molecular formula is C6H4I2N2O. The molecule has 0 atom stereocenters. The van der Waals surface area contributed by atoms with Gasteiger partial charge in [0.15, 0.2) is 0 Å². The van der Waals surface area contributed by atoms with Gasteiger partial charge in [0.2, 0.25) is 0 Å². The third-order valence-corrected chi connectivity index (χ3v) is 2.52. The molecule has 0 aliphatic carbocycles. The van der Waals surface area contributed by atoms with Gasteiger partial charge in [-0.05, 0) is 51.2 Å². The van der Waals surface area contributed by atoms with Gasteiger partial charge in [-0.15, -0.1) is 0 Å². The maximum absolute atomic E-state index is 10.7. The first-order valence-electron chi connectivity index (χ1n) is 2.72. The normalized spacial score (nSPS) is 9.64. The fourth-order valence-electron chi connectivity index (χ4n) is 0.595. The summed E-state index contributed by atoms with van der Waals surface area (Å²) in [6.07, 6.45) is 1.69. The number of nitrogens with zero attached hydrogens (tertiary/aromatic N) is 1. The van der Waals surface area contributed by atoms with Crippen LogP contribution >= 0.6 is 45.2 Å². The molecule has 1 aromatic heterocycles. The van der Waals surface area contributed by atoms with Crippen LogP contribution in [-0.4, -0.2) is 10.9 Å². The topological polar surface area (TPSA) is 56.0 Å². The number of amides is 1. The van der Waals surface area contributed by atoms with Gasteiger partial charge in [0.1, 0.15) is 3.70 Å². The van der Waals surface area contributed by atoms with E-state index >= 15 is 0 Å². The summed E-state index contributed by atoms with van der Waals surface area (Å²) in [5, 5.41) is 0. The minimum absolute atomic E-state index is 0.430. The third-order valence-electron chi connectivity index (χ3n) is 1.07. The zero-order valence-electron chi connectivity index (χ0n) is 5.34. The molecule has 3 nitrogen and oxygen atoms in total. The quantitative estimate of drug-likeness (QED) is 0.597. The number of halogens is 2. The van der Waals surface area contributed by atoms with Crippen LogP contribution in [0.3, 0.4) is 0 Å². The molecule has 1 rings (SSSR count). The first kappa shape index (κ1) is 9.17. The van der Waals surface area contributed by atoms with E-state index in [1.807, 2.05) is 22.6 Å². The van der Waals surface area contributed by atoms with Crippen molar-refractivity contribution in [3.05, 3.63) is 25.1 Å². The van der Waals surface area contributed by atoms with E-state index in [2.05, 4.69) is 27.6 Å². The zero-order valence-corrected chi connectivity index (χ0v) is 9.66. The number of rotatable bonds is 1. The van der Waals surface area contributed by atoms with Crippen molar-refractivity contribution in [2.75, 3.05) is 0 Å².